The summed E-state index contributed by atoms with van der Waals surface area (Å²) in [5.41, 5.74) is 3.08. The van der Waals surface area contributed by atoms with Crippen LogP contribution in [0.5, 0.6) is 0 Å². The molecule has 0 unspecified atom stereocenters. The van der Waals surface area contributed by atoms with Crippen LogP contribution in [0.25, 0.3) is 0 Å². The predicted molar refractivity (Wildman–Crippen MR) is 96.5 cm³/mol. The number of benzene rings is 2. The Morgan fingerprint density at radius 1 is 1.18 bits per heavy atom. The molecule has 0 saturated heterocycles. The highest BCUT2D eigenvalue weighted by atomic mass is 79.9. The molecule has 1 amide bonds. The van der Waals surface area contributed by atoms with Crippen molar-refractivity contribution in [1.82, 2.24) is 0 Å². The van der Waals surface area contributed by atoms with E-state index in [-0.39, 0.29) is 5.91 Å². The maximum Gasteiger partial charge on any atom is 0.226 e. The molecular weight excluding hydrogens is 340 g/mol. The van der Waals surface area contributed by atoms with E-state index in [1.807, 2.05) is 43.3 Å². The molecule has 2 rings (SSSR count). The standard InChI is InChI=1S/C18H21BrN2O/c1-3-21(16-7-5-4-6-8-16)12-11-18(22)20-17-10-9-15(19)13-14(17)2/h4-10,13H,3,11-12H2,1-2H3,(H,20,22). The van der Waals surface area contributed by atoms with Gasteiger partial charge in [-0.25, -0.2) is 0 Å². The van der Waals surface area contributed by atoms with E-state index in [9.17, 15) is 4.79 Å². The molecule has 0 saturated carbocycles. The topological polar surface area (TPSA) is 32.3 Å². The van der Waals surface area contributed by atoms with Gasteiger partial charge in [-0.3, -0.25) is 4.79 Å². The van der Waals surface area contributed by atoms with E-state index in [1.54, 1.807) is 0 Å². The van der Waals surface area contributed by atoms with Gasteiger partial charge in [0.1, 0.15) is 0 Å². The summed E-state index contributed by atoms with van der Waals surface area (Å²) in [6, 6.07) is 16.0. The number of carbonyl (C=O) groups is 1. The van der Waals surface area contributed by atoms with Crippen LogP contribution in [-0.2, 0) is 4.79 Å². The van der Waals surface area contributed by atoms with Gasteiger partial charge in [-0.05, 0) is 49.7 Å². The van der Waals surface area contributed by atoms with Crippen molar-refractivity contribution >= 4 is 33.2 Å². The normalized spacial score (nSPS) is 10.3. The first-order valence-electron chi connectivity index (χ1n) is 7.46. The fourth-order valence-electron chi connectivity index (χ4n) is 2.33. The predicted octanol–water partition coefficient (Wildman–Crippen LogP) is 4.61. The molecule has 2 aromatic rings. The van der Waals surface area contributed by atoms with Crippen LogP contribution >= 0.6 is 15.9 Å². The third-order valence-corrected chi connectivity index (χ3v) is 4.07. The van der Waals surface area contributed by atoms with Crippen LogP contribution in [0.3, 0.4) is 0 Å². The second-order valence-electron chi connectivity index (χ2n) is 5.17. The molecule has 0 heterocycles. The van der Waals surface area contributed by atoms with Crippen LogP contribution in [0.2, 0.25) is 0 Å². The first kappa shape index (κ1) is 16.6. The van der Waals surface area contributed by atoms with Crippen LogP contribution in [0.15, 0.2) is 53.0 Å². The highest BCUT2D eigenvalue weighted by Gasteiger charge is 2.09. The van der Waals surface area contributed by atoms with Gasteiger partial charge in [0.25, 0.3) is 0 Å². The fourth-order valence-corrected chi connectivity index (χ4v) is 2.80. The Kier molecular flexibility index (Phi) is 6.01. The van der Waals surface area contributed by atoms with Crippen molar-refractivity contribution in [3.63, 3.8) is 0 Å². The van der Waals surface area contributed by atoms with Crippen molar-refractivity contribution in [2.45, 2.75) is 20.3 Å². The summed E-state index contributed by atoms with van der Waals surface area (Å²) in [5.74, 6) is 0.0415. The van der Waals surface area contributed by atoms with E-state index in [4.69, 9.17) is 0 Å². The Balaban J connectivity index is 1.92. The molecule has 0 radical (unpaired) electrons. The largest absolute Gasteiger partial charge is 0.371 e. The van der Waals surface area contributed by atoms with Crippen LogP contribution in [0.1, 0.15) is 18.9 Å². The van der Waals surface area contributed by atoms with Gasteiger partial charge in [0, 0.05) is 35.4 Å². The van der Waals surface area contributed by atoms with Crippen molar-refractivity contribution < 1.29 is 4.79 Å². The molecule has 0 spiro atoms. The van der Waals surface area contributed by atoms with Crippen molar-refractivity contribution in [2.24, 2.45) is 0 Å². The van der Waals surface area contributed by atoms with E-state index >= 15 is 0 Å². The number of aryl methyl sites for hydroxylation is 1. The van der Waals surface area contributed by atoms with Gasteiger partial charge in [0.05, 0.1) is 0 Å². The molecule has 0 aliphatic carbocycles. The Hall–Kier alpha value is -1.81. The molecule has 0 bridgehead atoms. The Morgan fingerprint density at radius 2 is 1.91 bits per heavy atom. The van der Waals surface area contributed by atoms with E-state index in [0.29, 0.717) is 13.0 Å². The van der Waals surface area contributed by atoms with Gasteiger partial charge in [-0.1, -0.05) is 34.1 Å². The average Bonchev–Trinajstić information content (AvgIpc) is 2.52. The smallest absolute Gasteiger partial charge is 0.226 e. The number of hydrogen-bond donors (Lipinski definition) is 1. The molecule has 0 atom stereocenters. The number of para-hydroxylation sites is 1. The van der Waals surface area contributed by atoms with Crippen molar-refractivity contribution in [1.29, 1.82) is 0 Å². The quantitative estimate of drug-likeness (QED) is 0.815. The first-order valence-corrected chi connectivity index (χ1v) is 8.25. The SMILES string of the molecule is CCN(CCC(=O)Nc1ccc(Br)cc1C)c1ccccc1. The van der Waals surface area contributed by atoms with Gasteiger partial charge in [-0.2, -0.15) is 0 Å². The Labute approximate surface area is 140 Å². The highest BCUT2D eigenvalue weighted by molar-refractivity contribution is 9.10. The van der Waals surface area contributed by atoms with E-state index in [0.717, 1.165) is 28.0 Å². The van der Waals surface area contributed by atoms with Crippen LogP contribution in [-0.4, -0.2) is 19.0 Å². The number of nitrogens with zero attached hydrogens (tertiary/aromatic N) is 1. The summed E-state index contributed by atoms with van der Waals surface area (Å²) in [7, 11) is 0. The summed E-state index contributed by atoms with van der Waals surface area (Å²) in [6.07, 6.45) is 0.470. The minimum absolute atomic E-state index is 0.0415. The summed E-state index contributed by atoms with van der Waals surface area (Å²) in [6.45, 7) is 5.68. The zero-order chi connectivity index (χ0) is 15.9. The second-order valence-corrected chi connectivity index (χ2v) is 6.09. The molecule has 3 nitrogen and oxygen atoms in total. The molecule has 0 fully saturated rings. The zero-order valence-electron chi connectivity index (χ0n) is 13.0. The molecule has 0 aliphatic rings. The molecule has 0 aliphatic heterocycles. The number of rotatable bonds is 6. The van der Waals surface area contributed by atoms with Gasteiger partial charge in [0.15, 0.2) is 0 Å². The van der Waals surface area contributed by atoms with Gasteiger partial charge in [0.2, 0.25) is 5.91 Å². The Morgan fingerprint density at radius 3 is 2.55 bits per heavy atom. The molecular formula is C18H21BrN2O. The fraction of sp³-hybridized carbons (Fsp3) is 0.278. The molecule has 0 aromatic heterocycles. The minimum atomic E-state index is 0.0415. The van der Waals surface area contributed by atoms with Crippen molar-refractivity contribution in [3.8, 4) is 0 Å². The van der Waals surface area contributed by atoms with Gasteiger partial charge >= 0.3 is 0 Å². The lowest BCUT2D eigenvalue weighted by molar-refractivity contribution is -0.116. The molecule has 22 heavy (non-hydrogen) atoms. The lowest BCUT2D eigenvalue weighted by atomic mass is 10.2. The summed E-state index contributed by atoms with van der Waals surface area (Å²) < 4.78 is 1.02. The zero-order valence-corrected chi connectivity index (χ0v) is 14.6. The second kappa shape index (κ2) is 7.99. The number of anilines is 2. The van der Waals surface area contributed by atoms with Crippen molar-refractivity contribution in [3.05, 3.63) is 58.6 Å². The van der Waals surface area contributed by atoms with Gasteiger partial charge < -0.3 is 10.2 Å². The number of nitrogens with one attached hydrogen (secondary N) is 1. The third-order valence-electron chi connectivity index (χ3n) is 3.57. The summed E-state index contributed by atoms with van der Waals surface area (Å²) in [5, 5.41) is 2.98. The van der Waals surface area contributed by atoms with E-state index in [1.165, 1.54) is 0 Å². The third kappa shape index (κ3) is 4.60. The lowest BCUT2D eigenvalue weighted by Gasteiger charge is -2.22. The van der Waals surface area contributed by atoms with E-state index < -0.39 is 0 Å². The minimum Gasteiger partial charge on any atom is -0.371 e. The average molecular weight is 361 g/mol. The number of halogens is 1. The van der Waals surface area contributed by atoms with Crippen LogP contribution in [0.4, 0.5) is 11.4 Å². The van der Waals surface area contributed by atoms with Crippen LogP contribution < -0.4 is 10.2 Å². The summed E-state index contributed by atoms with van der Waals surface area (Å²) in [4.78, 5) is 14.4. The number of hydrogen-bond acceptors (Lipinski definition) is 2. The first-order chi connectivity index (χ1) is 10.6. The molecule has 116 valence electrons. The maximum atomic E-state index is 12.2. The van der Waals surface area contributed by atoms with E-state index in [2.05, 4.69) is 45.2 Å². The summed E-state index contributed by atoms with van der Waals surface area (Å²) >= 11 is 3.43. The van der Waals surface area contributed by atoms with Crippen LogP contribution in [0, 0.1) is 6.92 Å². The van der Waals surface area contributed by atoms with Crippen molar-refractivity contribution in [2.75, 3.05) is 23.3 Å². The lowest BCUT2D eigenvalue weighted by Crippen LogP contribution is -2.27. The monoisotopic (exact) mass is 360 g/mol. The molecule has 2 aromatic carbocycles. The number of amides is 1. The number of carbonyl (C=O) groups excluding carboxylic acids is 1. The van der Waals surface area contributed by atoms with Gasteiger partial charge in [-0.15, -0.1) is 0 Å². The molecule has 4 heteroatoms. The Bertz CT molecular complexity index is 628. The maximum absolute atomic E-state index is 12.2. The molecule has 1 N–H and O–H groups in total. The highest BCUT2D eigenvalue weighted by Crippen LogP contribution is 2.20.